The number of unbranched alkanes of at least 4 members (excludes halogenated alkanes) is 1. The standard InChI is InChI=1S/C25H42N6O13/c1-11(34)28-18-23(43-14-7-12(8-32)19(37)22(40)20(14)38)21(39)15(9-33)44-25(18)42-10-13(24(41)27-2)29-16(35)5-3-4-6-17(36)30-31-26/h12-15,18-23,25,32-33,37-40H,3-10H2,1-2H3,(H,27,41)(H,28,34)(H,29,35). The van der Waals surface area contributed by atoms with E-state index in [0.717, 1.165) is 6.92 Å². The SMILES string of the molecule is CNC(=O)C(COC1OC(CO)C(O)C(OC2CC(CO)C(O)C(O)C2O)C1NC(C)=O)NC(=O)CCCCC(=O)N=[N+]=[N-]. The number of nitrogens with zero attached hydrogens (tertiary/aromatic N) is 3. The van der Waals surface area contributed by atoms with Crippen molar-refractivity contribution in [3.05, 3.63) is 10.4 Å². The second-order valence-electron chi connectivity index (χ2n) is 10.6. The first kappa shape index (κ1) is 37.2. The van der Waals surface area contributed by atoms with Gasteiger partial charge in [-0.05, 0) is 29.9 Å². The molecule has 11 unspecified atom stereocenters. The van der Waals surface area contributed by atoms with Crippen molar-refractivity contribution in [1.29, 1.82) is 0 Å². The number of carbonyl (C=O) groups excluding carboxylic acids is 4. The summed E-state index contributed by atoms with van der Waals surface area (Å²) in [5, 5.41) is 71.7. The fourth-order valence-corrected chi connectivity index (χ4v) is 5.04. The van der Waals surface area contributed by atoms with Crippen LogP contribution in [0.15, 0.2) is 5.11 Å². The Morgan fingerprint density at radius 1 is 1.02 bits per heavy atom. The van der Waals surface area contributed by atoms with Crippen LogP contribution in [0.3, 0.4) is 0 Å². The summed E-state index contributed by atoms with van der Waals surface area (Å²) < 4.78 is 17.4. The molecule has 1 aliphatic carbocycles. The zero-order valence-electron chi connectivity index (χ0n) is 24.4. The van der Waals surface area contributed by atoms with E-state index in [-0.39, 0.29) is 32.1 Å². The van der Waals surface area contributed by atoms with Crippen LogP contribution in [0, 0.1) is 5.92 Å². The van der Waals surface area contributed by atoms with Gasteiger partial charge in [-0.3, -0.25) is 19.2 Å². The van der Waals surface area contributed by atoms with Crippen molar-refractivity contribution in [2.45, 2.75) is 100 Å². The van der Waals surface area contributed by atoms with Gasteiger partial charge in [-0.15, -0.1) is 0 Å². The third-order valence-corrected chi connectivity index (χ3v) is 7.41. The van der Waals surface area contributed by atoms with Crippen LogP contribution in [-0.4, -0.2) is 142 Å². The number of azide groups is 1. The molecule has 1 saturated carbocycles. The summed E-state index contributed by atoms with van der Waals surface area (Å²) in [4.78, 5) is 50.8. The number of hydrogen-bond donors (Lipinski definition) is 9. The maximum absolute atomic E-state index is 12.5. The van der Waals surface area contributed by atoms with Crippen molar-refractivity contribution in [3.8, 4) is 0 Å². The third-order valence-electron chi connectivity index (χ3n) is 7.41. The second-order valence-corrected chi connectivity index (χ2v) is 10.6. The molecule has 44 heavy (non-hydrogen) atoms. The average molecular weight is 635 g/mol. The van der Waals surface area contributed by atoms with E-state index in [0.29, 0.717) is 0 Å². The summed E-state index contributed by atoms with van der Waals surface area (Å²) in [6.45, 7) is -0.628. The van der Waals surface area contributed by atoms with E-state index in [1.807, 2.05) is 0 Å². The third kappa shape index (κ3) is 10.3. The van der Waals surface area contributed by atoms with Crippen molar-refractivity contribution < 1.29 is 64.0 Å². The molecule has 250 valence electrons. The Bertz CT molecular complexity index is 1030. The quantitative estimate of drug-likeness (QED) is 0.0360. The molecule has 1 aliphatic heterocycles. The Morgan fingerprint density at radius 3 is 2.30 bits per heavy atom. The fraction of sp³-hybridized carbons (Fsp3) is 0.840. The molecule has 4 amide bonds. The van der Waals surface area contributed by atoms with Gasteiger partial charge < -0.3 is 60.8 Å². The van der Waals surface area contributed by atoms with Gasteiger partial charge in [-0.1, -0.05) is 0 Å². The van der Waals surface area contributed by atoms with Gasteiger partial charge in [0, 0.05) is 44.2 Å². The highest BCUT2D eigenvalue weighted by atomic mass is 16.7. The minimum atomic E-state index is -1.69. The summed E-state index contributed by atoms with van der Waals surface area (Å²) in [5.74, 6) is -3.36. The number of carbonyl (C=O) groups is 4. The molecule has 0 aromatic heterocycles. The number of rotatable bonds is 15. The molecule has 0 bridgehead atoms. The second kappa shape index (κ2) is 18.1. The predicted molar refractivity (Wildman–Crippen MR) is 146 cm³/mol. The highest BCUT2D eigenvalue weighted by Gasteiger charge is 2.51. The number of nitrogens with one attached hydrogen (secondary N) is 3. The van der Waals surface area contributed by atoms with E-state index in [1.165, 1.54) is 7.05 Å². The van der Waals surface area contributed by atoms with Crippen molar-refractivity contribution in [2.24, 2.45) is 11.0 Å². The monoisotopic (exact) mass is 634 g/mol. The molecule has 2 aliphatic rings. The Labute approximate surface area is 252 Å². The van der Waals surface area contributed by atoms with E-state index < -0.39 is 110 Å². The van der Waals surface area contributed by atoms with Crippen molar-refractivity contribution in [2.75, 3.05) is 26.9 Å². The summed E-state index contributed by atoms with van der Waals surface area (Å²) in [7, 11) is 1.32. The molecule has 0 aromatic carbocycles. The van der Waals surface area contributed by atoms with Gasteiger partial charge in [-0.25, -0.2) is 0 Å². The first-order valence-electron chi connectivity index (χ1n) is 14.1. The number of aliphatic hydroxyl groups is 6. The minimum Gasteiger partial charge on any atom is -0.396 e. The minimum absolute atomic E-state index is 0.0535. The number of hydrogen-bond acceptors (Lipinski definition) is 13. The van der Waals surface area contributed by atoms with Gasteiger partial charge in [0.15, 0.2) is 6.29 Å². The molecule has 19 nitrogen and oxygen atoms in total. The van der Waals surface area contributed by atoms with Crippen molar-refractivity contribution in [1.82, 2.24) is 16.0 Å². The number of ether oxygens (including phenoxy) is 3. The summed E-state index contributed by atoms with van der Waals surface area (Å²) in [6.07, 6.45) is -11.6. The van der Waals surface area contributed by atoms with Crippen molar-refractivity contribution in [3.63, 3.8) is 0 Å². The molecule has 0 radical (unpaired) electrons. The van der Waals surface area contributed by atoms with E-state index >= 15 is 0 Å². The lowest BCUT2D eigenvalue weighted by Crippen LogP contribution is -2.67. The lowest BCUT2D eigenvalue weighted by Gasteiger charge is -2.47. The number of amides is 4. The molecule has 9 N–H and O–H groups in total. The Hall–Kier alpha value is -2.97. The fourth-order valence-electron chi connectivity index (χ4n) is 5.04. The van der Waals surface area contributed by atoms with Crippen LogP contribution in [0.4, 0.5) is 0 Å². The van der Waals surface area contributed by atoms with Gasteiger partial charge in [0.2, 0.25) is 23.6 Å². The van der Waals surface area contributed by atoms with Crippen LogP contribution in [-0.2, 0) is 33.4 Å². The topological polar surface area (TPSA) is 302 Å². The van der Waals surface area contributed by atoms with E-state index in [4.69, 9.17) is 19.7 Å². The molecule has 0 spiro atoms. The largest absolute Gasteiger partial charge is 0.396 e. The average Bonchev–Trinajstić information content (AvgIpc) is 2.99. The van der Waals surface area contributed by atoms with Crippen LogP contribution in [0.5, 0.6) is 0 Å². The van der Waals surface area contributed by atoms with E-state index in [1.54, 1.807) is 0 Å². The van der Waals surface area contributed by atoms with Crippen LogP contribution in [0.1, 0.15) is 39.0 Å². The number of aliphatic hydroxyl groups excluding tert-OH is 6. The Kier molecular flexibility index (Phi) is 15.3. The molecule has 11 atom stereocenters. The maximum Gasteiger partial charge on any atom is 0.244 e. The Morgan fingerprint density at radius 2 is 1.70 bits per heavy atom. The van der Waals surface area contributed by atoms with Crippen molar-refractivity contribution >= 4 is 23.6 Å². The lowest BCUT2D eigenvalue weighted by molar-refractivity contribution is -0.293. The molecular formula is C25H42N6O13. The molecule has 19 heteroatoms. The summed E-state index contributed by atoms with van der Waals surface area (Å²) in [6, 6.07) is -2.57. The van der Waals surface area contributed by atoms with Gasteiger partial charge in [0.05, 0.1) is 25.4 Å². The van der Waals surface area contributed by atoms with Gasteiger partial charge in [0.25, 0.3) is 0 Å². The predicted octanol–water partition coefficient (Wildman–Crippen LogP) is -3.94. The van der Waals surface area contributed by atoms with Crippen LogP contribution in [0.25, 0.3) is 10.4 Å². The summed E-state index contributed by atoms with van der Waals surface area (Å²) >= 11 is 0. The zero-order chi connectivity index (χ0) is 33.0. The first-order chi connectivity index (χ1) is 20.9. The lowest BCUT2D eigenvalue weighted by atomic mass is 9.81. The summed E-state index contributed by atoms with van der Waals surface area (Å²) in [5.41, 5.74) is 8.26. The first-order valence-corrected chi connectivity index (χ1v) is 14.1. The Balaban J connectivity index is 2.18. The van der Waals surface area contributed by atoms with E-state index in [9.17, 15) is 49.8 Å². The smallest absolute Gasteiger partial charge is 0.244 e. The number of likely N-dealkylation sites (N-methyl/N-ethyl adjacent to an activating group) is 1. The normalized spacial score (nSPS) is 32.5. The molecule has 2 rings (SSSR count). The van der Waals surface area contributed by atoms with Gasteiger partial charge in [-0.2, -0.15) is 0 Å². The molecule has 0 aromatic rings. The molecule has 1 heterocycles. The molecule has 2 fully saturated rings. The van der Waals surface area contributed by atoms with E-state index in [2.05, 4.69) is 26.0 Å². The molecular weight excluding hydrogens is 592 g/mol. The molecule has 1 saturated heterocycles. The highest BCUT2D eigenvalue weighted by molar-refractivity contribution is 5.87. The van der Waals surface area contributed by atoms with Crippen LogP contribution < -0.4 is 16.0 Å². The van der Waals surface area contributed by atoms with Gasteiger partial charge in [0.1, 0.15) is 42.6 Å². The van der Waals surface area contributed by atoms with Gasteiger partial charge >= 0.3 is 0 Å². The highest BCUT2D eigenvalue weighted by Crippen LogP contribution is 2.32. The zero-order valence-corrected chi connectivity index (χ0v) is 24.4. The van der Waals surface area contributed by atoms with Crippen LogP contribution >= 0.6 is 0 Å². The maximum atomic E-state index is 12.5. The van der Waals surface area contributed by atoms with Crippen LogP contribution in [0.2, 0.25) is 0 Å².